The molecule has 2 aromatic carbocycles. The lowest BCUT2D eigenvalue weighted by atomic mass is 9.90. The zero-order chi connectivity index (χ0) is 25.4. The largest absolute Gasteiger partial charge is 0.285 e. The zero-order valence-electron chi connectivity index (χ0n) is 22.7. The number of hydrogen-bond donors (Lipinski definition) is 0. The van der Waals surface area contributed by atoms with Gasteiger partial charge in [-0.1, -0.05) is 48.9 Å². The number of benzene rings is 2. The normalized spacial score (nSPS) is 17.3. The third-order valence-electron chi connectivity index (χ3n) is 6.83. The van der Waals surface area contributed by atoms with Gasteiger partial charge in [0.05, 0.1) is 17.1 Å². The highest BCUT2D eigenvalue weighted by Gasteiger charge is 2.19. The van der Waals surface area contributed by atoms with Gasteiger partial charge < -0.3 is 0 Å². The predicted molar refractivity (Wildman–Crippen MR) is 149 cm³/mol. The number of hydrogen-bond acceptors (Lipinski definition) is 1. The Hall–Kier alpha value is -3.40. The molecule has 0 spiro atoms. The van der Waals surface area contributed by atoms with E-state index in [0.29, 0.717) is 5.92 Å². The van der Waals surface area contributed by atoms with Crippen LogP contribution in [0.2, 0.25) is 0 Å². The van der Waals surface area contributed by atoms with E-state index in [-0.39, 0.29) is 0 Å². The molecule has 1 unspecified atom stereocenters. The number of aryl methyl sites for hydroxylation is 5. The van der Waals surface area contributed by atoms with Gasteiger partial charge in [0.15, 0.2) is 0 Å². The summed E-state index contributed by atoms with van der Waals surface area (Å²) in [7, 11) is 0. The molecule has 0 bridgehead atoms. The minimum atomic E-state index is 0.552. The molecule has 0 radical (unpaired) electrons. The van der Waals surface area contributed by atoms with Crippen molar-refractivity contribution in [2.45, 2.75) is 68.7 Å². The van der Waals surface area contributed by atoms with Crippen molar-refractivity contribution >= 4 is 17.2 Å². The van der Waals surface area contributed by atoms with E-state index in [0.717, 1.165) is 34.7 Å². The van der Waals surface area contributed by atoms with E-state index >= 15 is 0 Å². The van der Waals surface area contributed by atoms with E-state index in [1.54, 1.807) is 0 Å². The van der Waals surface area contributed by atoms with E-state index in [2.05, 4.69) is 113 Å². The third kappa shape index (κ3) is 4.88. The molecular weight excluding hydrogens is 428 g/mol. The zero-order valence-corrected chi connectivity index (χ0v) is 22.7. The van der Waals surface area contributed by atoms with E-state index in [1.807, 2.05) is 6.92 Å². The number of rotatable bonds is 3. The lowest BCUT2D eigenvalue weighted by Gasteiger charge is -2.22. The maximum absolute atomic E-state index is 5.16. The van der Waals surface area contributed by atoms with E-state index < -0.39 is 0 Å². The molecular formula is C31H38N4. The topological polar surface area (TPSA) is 34.6 Å². The number of amidine groups is 1. The summed E-state index contributed by atoms with van der Waals surface area (Å²) in [5.74, 6) is 1.29. The van der Waals surface area contributed by atoms with Gasteiger partial charge in [0.1, 0.15) is 5.84 Å². The van der Waals surface area contributed by atoms with Gasteiger partial charge in [-0.05, 0) is 101 Å². The summed E-state index contributed by atoms with van der Waals surface area (Å²) in [4.78, 5) is 10.1. The van der Waals surface area contributed by atoms with Gasteiger partial charge in [-0.3, -0.25) is 9.13 Å². The Balaban J connectivity index is 2.01. The van der Waals surface area contributed by atoms with Crippen molar-refractivity contribution in [3.63, 3.8) is 0 Å². The van der Waals surface area contributed by atoms with E-state index in [4.69, 9.17) is 9.98 Å². The number of aliphatic imine (C=N–C) groups is 1. The molecule has 0 aliphatic heterocycles. The van der Waals surface area contributed by atoms with Crippen molar-refractivity contribution in [2.24, 2.45) is 15.9 Å². The average Bonchev–Trinajstić information content (AvgIpc) is 3.12. The smallest absolute Gasteiger partial charge is 0.220 e. The first-order valence-electron chi connectivity index (χ1n) is 12.5. The lowest BCUT2D eigenvalue weighted by Crippen LogP contribution is -2.28. The van der Waals surface area contributed by atoms with Crippen LogP contribution < -0.4 is 5.62 Å². The van der Waals surface area contributed by atoms with Gasteiger partial charge in [-0.2, -0.15) is 4.99 Å². The van der Waals surface area contributed by atoms with Crippen molar-refractivity contribution in [2.75, 3.05) is 0 Å². The summed E-state index contributed by atoms with van der Waals surface area (Å²) in [6, 6.07) is 10.8. The highest BCUT2D eigenvalue weighted by atomic mass is 15.2. The highest BCUT2D eigenvalue weighted by Crippen LogP contribution is 2.31. The van der Waals surface area contributed by atoms with Crippen molar-refractivity contribution in [3.8, 4) is 5.69 Å². The molecule has 0 saturated heterocycles. The quantitative estimate of drug-likeness (QED) is 0.280. The van der Waals surface area contributed by atoms with Gasteiger partial charge in [-0.25, -0.2) is 4.99 Å². The van der Waals surface area contributed by atoms with Gasteiger partial charge in [-0.15, -0.1) is 0 Å². The fourth-order valence-corrected chi connectivity index (χ4v) is 5.58. The SMILES string of the molecule is CC1=CC(C)CC(C)=C1n1ccn(-c2c(C)cc(C)cc2C)c1=NC(C)=Nc1c(C)cccc1C. The highest BCUT2D eigenvalue weighted by molar-refractivity contribution is 5.84. The summed E-state index contributed by atoms with van der Waals surface area (Å²) in [6.07, 6.45) is 7.72. The summed E-state index contributed by atoms with van der Waals surface area (Å²) in [5.41, 5.74) is 13.0. The predicted octanol–water partition coefficient (Wildman–Crippen LogP) is 7.69. The number of imidazole rings is 1. The number of aromatic nitrogens is 2. The Morgan fingerprint density at radius 3 is 2.06 bits per heavy atom. The van der Waals surface area contributed by atoms with Crippen LogP contribution in [-0.2, 0) is 0 Å². The first-order valence-corrected chi connectivity index (χ1v) is 12.5. The van der Waals surface area contributed by atoms with Gasteiger partial charge >= 0.3 is 0 Å². The van der Waals surface area contributed by atoms with Crippen LogP contribution in [0, 0.1) is 40.5 Å². The van der Waals surface area contributed by atoms with Gasteiger partial charge in [0.2, 0.25) is 5.62 Å². The second-order valence-corrected chi connectivity index (χ2v) is 10.3. The first-order chi connectivity index (χ1) is 16.6. The standard InChI is InChI=1S/C31H38N4/c1-19-15-23(5)29(24(6)16-19)34-13-14-35(30-25(7)17-20(2)18-26(30)8)31(34)33-27(9)32-28-21(3)11-10-12-22(28)4/h10-17,20H,18H2,1-9H3. The van der Waals surface area contributed by atoms with E-state index in [9.17, 15) is 0 Å². The molecule has 182 valence electrons. The van der Waals surface area contributed by atoms with Crippen LogP contribution in [0.5, 0.6) is 0 Å². The minimum absolute atomic E-state index is 0.552. The van der Waals surface area contributed by atoms with Crippen LogP contribution in [0.3, 0.4) is 0 Å². The Morgan fingerprint density at radius 2 is 1.46 bits per heavy atom. The fraction of sp³-hybridized carbons (Fsp3) is 0.355. The molecule has 0 N–H and O–H groups in total. The van der Waals surface area contributed by atoms with Crippen molar-refractivity contribution in [1.82, 2.24) is 9.13 Å². The van der Waals surface area contributed by atoms with Crippen molar-refractivity contribution < 1.29 is 0 Å². The van der Waals surface area contributed by atoms with Crippen LogP contribution in [0.25, 0.3) is 11.4 Å². The van der Waals surface area contributed by atoms with Gasteiger partial charge in [0, 0.05) is 12.4 Å². The van der Waals surface area contributed by atoms with Gasteiger partial charge in [0.25, 0.3) is 0 Å². The fourth-order valence-electron chi connectivity index (χ4n) is 5.58. The maximum Gasteiger partial charge on any atom is 0.220 e. The summed E-state index contributed by atoms with van der Waals surface area (Å²) >= 11 is 0. The monoisotopic (exact) mass is 466 g/mol. The Morgan fingerprint density at radius 1 is 0.857 bits per heavy atom. The molecule has 35 heavy (non-hydrogen) atoms. The molecule has 1 atom stereocenters. The average molecular weight is 467 g/mol. The summed E-state index contributed by atoms with van der Waals surface area (Å²) in [6.45, 7) is 19.5. The van der Waals surface area contributed by atoms with Crippen LogP contribution in [0.4, 0.5) is 5.69 Å². The molecule has 3 aromatic rings. The molecule has 1 aliphatic carbocycles. The molecule has 1 aromatic heterocycles. The second kappa shape index (κ2) is 9.69. The van der Waals surface area contributed by atoms with Crippen molar-refractivity contribution in [3.05, 3.63) is 93.4 Å². The van der Waals surface area contributed by atoms with Crippen LogP contribution in [-0.4, -0.2) is 15.0 Å². The molecule has 4 nitrogen and oxygen atoms in total. The molecule has 4 heteroatoms. The third-order valence-corrected chi connectivity index (χ3v) is 6.83. The lowest BCUT2D eigenvalue weighted by molar-refractivity contribution is 0.693. The summed E-state index contributed by atoms with van der Waals surface area (Å²) in [5, 5.41) is 0. The molecule has 0 amide bonds. The Labute approximate surface area is 210 Å². The molecule has 0 saturated carbocycles. The molecule has 4 rings (SSSR count). The number of para-hydroxylation sites is 1. The Kier molecular flexibility index (Phi) is 6.84. The second-order valence-electron chi connectivity index (χ2n) is 10.3. The maximum atomic E-state index is 5.16. The number of nitrogens with zero attached hydrogens (tertiary/aromatic N) is 4. The molecule has 1 aliphatic rings. The Bertz CT molecular complexity index is 1410. The molecule has 0 fully saturated rings. The van der Waals surface area contributed by atoms with Crippen molar-refractivity contribution in [1.29, 1.82) is 0 Å². The van der Waals surface area contributed by atoms with E-state index in [1.165, 1.54) is 39.2 Å². The summed E-state index contributed by atoms with van der Waals surface area (Å²) < 4.78 is 4.47. The minimum Gasteiger partial charge on any atom is -0.285 e. The van der Waals surface area contributed by atoms with Crippen LogP contribution >= 0.6 is 0 Å². The van der Waals surface area contributed by atoms with Crippen LogP contribution in [0.15, 0.2) is 69.9 Å². The van der Waals surface area contributed by atoms with Crippen LogP contribution in [0.1, 0.15) is 61.9 Å². The first kappa shape index (κ1) is 24.7. The molecule has 1 heterocycles. The number of allylic oxidation sites excluding steroid dienone is 4.